The van der Waals surface area contributed by atoms with Crippen molar-refractivity contribution < 1.29 is 17.2 Å². The number of hydrogen-bond acceptors (Lipinski definition) is 4. The maximum atomic E-state index is 9.33. The van der Waals surface area contributed by atoms with Crippen LogP contribution in [0.2, 0.25) is 0 Å². The minimum absolute atomic E-state index is 0.870. The molecule has 0 bridgehead atoms. The molecule has 0 saturated carbocycles. The zero-order valence-corrected chi connectivity index (χ0v) is 10.3. The zero-order valence-electron chi connectivity index (χ0n) is 9.47. The minimum atomic E-state index is -4.16. The molecular weight excluding hydrogens is 230 g/mol. The molecule has 0 aliphatic rings. The van der Waals surface area contributed by atoms with E-state index in [-0.39, 0.29) is 0 Å². The molecule has 1 rings (SSSR count). The summed E-state index contributed by atoms with van der Waals surface area (Å²) in [4.78, 5) is 4.14. The van der Waals surface area contributed by atoms with E-state index in [4.69, 9.17) is 4.55 Å². The van der Waals surface area contributed by atoms with Crippen molar-refractivity contribution in [1.29, 1.82) is 0 Å². The lowest BCUT2D eigenvalue weighted by Crippen LogP contribution is -1.96. The smallest absolute Gasteiger partial charge is 0.264 e. The van der Waals surface area contributed by atoms with Gasteiger partial charge in [-0.2, -0.15) is 8.42 Å². The largest absolute Gasteiger partial charge is 0.397 e. The molecule has 16 heavy (non-hydrogen) atoms. The summed E-state index contributed by atoms with van der Waals surface area (Å²) in [6.07, 6.45) is 3.58. The van der Waals surface area contributed by atoms with Crippen LogP contribution in [-0.4, -0.2) is 25.1 Å². The molecule has 0 saturated heterocycles. The normalized spacial score (nSPS) is 10.2. The average molecular weight is 245 g/mol. The first-order valence-electron chi connectivity index (χ1n) is 4.39. The maximum absolute atomic E-state index is 9.33. The second-order valence-electron chi connectivity index (χ2n) is 2.94. The molecule has 0 radical (unpaired) electrons. The van der Waals surface area contributed by atoms with Crippen molar-refractivity contribution in [3.05, 3.63) is 35.7 Å². The van der Waals surface area contributed by atoms with Gasteiger partial charge in [0.25, 0.3) is 0 Å². The van der Waals surface area contributed by atoms with Crippen LogP contribution in [-0.2, 0) is 14.6 Å². The van der Waals surface area contributed by atoms with Gasteiger partial charge in [-0.3, -0.25) is 13.7 Å². The highest BCUT2D eigenvalue weighted by molar-refractivity contribution is 7.80. The molecule has 1 N–H and O–H groups in total. The molecule has 0 spiro atoms. The number of nitrogens with zero attached hydrogens (tertiary/aromatic N) is 1. The van der Waals surface area contributed by atoms with E-state index in [2.05, 4.69) is 29.6 Å². The van der Waals surface area contributed by atoms with E-state index in [1.54, 1.807) is 12.3 Å². The first kappa shape index (κ1) is 14.8. The van der Waals surface area contributed by atoms with E-state index in [0.29, 0.717) is 0 Å². The van der Waals surface area contributed by atoms with E-state index in [1.165, 1.54) is 11.1 Å². The van der Waals surface area contributed by atoms with E-state index < -0.39 is 10.4 Å². The lowest BCUT2D eigenvalue weighted by atomic mass is 10.1. The van der Waals surface area contributed by atoms with Gasteiger partial charge in [-0.1, -0.05) is 6.58 Å². The summed E-state index contributed by atoms with van der Waals surface area (Å²) in [6.45, 7) is 7.80. The Labute approximate surface area is 95.7 Å². The molecule has 1 heterocycles. The van der Waals surface area contributed by atoms with Crippen molar-refractivity contribution >= 4 is 16.5 Å². The van der Waals surface area contributed by atoms with Gasteiger partial charge in [-0.15, -0.1) is 0 Å². The molecule has 0 unspecified atom stereocenters. The molecule has 1 aromatic rings. The molecule has 0 amide bonds. The lowest BCUT2D eigenvalue weighted by Gasteiger charge is -2.00. The second kappa shape index (κ2) is 6.37. The summed E-state index contributed by atoms with van der Waals surface area (Å²) in [5.74, 6) is 0. The van der Waals surface area contributed by atoms with Gasteiger partial charge in [0.15, 0.2) is 0 Å². The Balaban J connectivity index is 0.000000325. The third-order valence-electron chi connectivity index (χ3n) is 1.92. The van der Waals surface area contributed by atoms with Crippen molar-refractivity contribution in [2.75, 3.05) is 7.11 Å². The van der Waals surface area contributed by atoms with Gasteiger partial charge in [-0.25, -0.2) is 0 Å². The Morgan fingerprint density at radius 1 is 1.50 bits per heavy atom. The molecule has 90 valence electrons. The lowest BCUT2D eigenvalue weighted by molar-refractivity contribution is 0.324. The highest BCUT2D eigenvalue weighted by atomic mass is 32.3. The van der Waals surface area contributed by atoms with Crippen molar-refractivity contribution in [1.82, 2.24) is 4.98 Å². The van der Waals surface area contributed by atoms with Gasteiger partial charge in [0.05, 0.1) is 12.8 Å². The van der Waals surface area contributed by atoms with E-state index in [9.17, 15) is 8.42 Å². The summed E-state index contributed by atoms with van der Waals surface area (Å²) in [5.41, 5.74) is 3.47. The summed E-state index contributed by atoms with van der Waals surface area (Å²) in [7, 11) is -3.29. The molecule has 0 aromatic carbocycles. The highest BCUT2D eigenvalue weighted by Gasteiger charge is 1.95. The third-order valence-corrected chi connectivity index (χ3v) is 2.34. The summed E-state index contributed by atoms with van der Waals surface area (Å²) in [6, 6.07) is 2.00. The SMILES string of the molecule is C=Cc1nccc(C)c1C.COS(=O)(=O)O. The Bertz CT molecular complexity index is 454. The molecule has 0 atom stereocenters. The fraction of sp³-hybridized carbons (Fsp3) is 0.300. The molecule has 0 aliphatic heterocycles. The van der Waals surface area contributed by atoms with Crippen LogP contribution in [0.15, 0.2) is 18.8 Å². The quantitative estimate of drug-likeness (QED) is 0.804. The van der Waals surface area contributed by atoms with Gasteiger partial charge >= 0.3 is 10.4 Å². The monoisotopic (exact) mass is 245 g/mol. The van der Waals surface area contributed by atoms with Gasteiger partial charge in [0.1, 0.15) is 0 Å². The first-order chi connectivity index (χ1) is 7.31. The summed E-state index contributed by atoms with van der Waals surface area (Å²) < 4.78 is 29.7. The predicted molar refractivity (Wildman–Crippen MR) is 62.4 cm³/mol. The number of pyridine rings is 1. The molecule has 0 fully saturated rings. The van der Waals surface area contributed by atoms with Crippen LogP contribution in [0.5, 0.6) is 0 Å². The third kappa shape index (κ3) is 5.59. The molecule has 1 aromatic heterocycles. The fourth-order valence-electron chi connectivity index (χ4n) is 0.859. The Hall–Kier alpha value is -1.24. The number of aryl methyl sites for hydroxylation is 1. The highest BCUT2D eigenvalue weighted by Crippen LogP contribution is 2.09. The summed E-state index contributed by atoms with van der Waals surface area (Å²) in [5, 5.41) is 0. The maximum Gasteiger partial charge on any atom is 0.397 e. The minimum Gasteiger partial charge on any atom is -0.264 e. The first-order valence-corrected chi connectivity index (χ1v) is 5.76. The van der Waals surface area contributed by atoms with Gasteiger partial charge in [0.2, 0.25) is 0 Å². The number of rotatable bonds is 2. The Morgan fingerprint density at radius 2 is 2.00 bits per heavy atom. The molecule has 5 nitrogen and oxygen atoms in total. The topological polar surface area (TPSA) is 76.5 Å². The van der Waals surface area contributed by atoms with E-state index >= 15 is 0 Å². The van der Waals surface area contributed by atoms with E-state index in [1.807, 2.05) is 6.07 Å². The van der Waals surface area contributed by atoms with Crippen LogP contribution in [0.25, 0.3) is 6.08 Å². The van der Waals surface area contributed by atoms with Crippen LogP contribution >= 0.6 is 0 Å². The van der Waals surface area contributed by atoms with Crippen molar-refractivity contribution in [2.45, 2.75) is 13.8 Å². The number of aromatic nitrogens is 1. The molecule has 6 heteroatoms. The van der Waals surface area contributed by atoms with Gasteiger partial charge in [0, 0.05) is 6.20 Å². The van der Waals surface area contributed by atoms with Crippen LogP contribution in [0.1, 0.15) is 16.8 Å². The van der Waals surface area contributed by atoms with Crippen molar-refractivity contribution in [3.63, 3.8) is 0 Å². The molecular formula is C10H15NO4S. The van der Waals surface area contributed by atoms with Crippen molar-refractivity contribution in [2.24, 2.45) is 0 Å². The van der Waals surface area contributed by atoms with Crippen LogP contribution in [0.4, 0.5) is 0 Å². The van der Waals surface area contributed by atoms with Crippen LogP contribution < -0.4 is 0 Å². The standard InChI is InChI=1S/C9H11N.CH4O4S/c1-4-9-8(3)7(2)5-6-10-9;1-5-6(2,3)4/h4-6H,1H2,2-3H3;1H3,(H,2,3,4). The van der Waals surface area contributed by atoms with Crippen molar-refractivity contribution in [3.8, 4) is 0 Å². The Kier molecular flexibility index (Phi) is 5.87. The summed E-state index contributed by atoms with van der Waals surface area (Å²) >= 11 is 0. The Morgan fingerprint density at radius 3 is 2.31 bits per heavy atom. The van der Waals surface area contributed by atoms with Crippen LogP contribution in [0.3, 0.4) is 0 Å². The van der Waals surface area contributed by atoms with Gasteiger partial charge in [-0.05, 0) is 37.1 Å². The second-order valence-corrected chi connectivity index (χ2v) is 4.13. The average Bonchev–Trinajstić information content (AvgIpc) is 2.22. The fourth-order valence-corrected chi connectivity index (χ4v) is 0.859. The van der Waals surface area contributed by atoms with Crippen LogP contribution in [0, 0.1) is 13.8 Å². The predicted octanol–water partition coefficient (Wildman–Crippen LogP) is 1.78. The zero-order chi connectivity index (χ0) is 12.8. The molecule has 0 aliphatic carbocycles. The number of hydrogen-bond donors (Lipinski definition) is 1. The van der Waals surface area contributed by atoms with Gasteiger partial charge < -0.3 is 0 Å². The van der Waals surface area contributed by atoms with E-state index in [0.717, 1.165) is 12.8 Å².